The number of hydrogen-bond donors (Lipinski definition) is 0. The molecule has 3 nitrogen and oxygen atoms in total. The summed E-state index contributed by atoms with van der Waals surface area (Å²) >= 11 is 0. The molecule has 0 amide bonds. The van der Waals surface area contributed by atoms with E-state index in [1.807, 2.05) is 6.20 Å². The number of para-hydroxylation sites is 1. The van der Waals surface area contributed by atoms with E-state index in [9.17, 15) is 0 Å². The van der Waals surface area contributed by atoms with Gasteiger partial charge < -0.3 is 4.43 Å². The highest BCUT2D eigenvalue weighted by Gasteiger charge is 2.46. The molecular weight excluding hydrogens is 569 g/mol. The Morgan fingerprint density at radius 3 is 2.32 bits per heavy atom. The zero-order valence-corrected chi connectivity index (χ0v) is 28.7. The van der Waals surface area contributed by atoms with E-state index in [1.165, 1.54) is 60.1 Å². The molecule has 4 aromatic carbocycles. The Labute approximate surface area is 265 Å². The number of benzene rings is 4. The summed E-state index contributed by atoms with van der Waals surface area (Å²) < 4.78 is 7.11. The van der Waals surface area contributed by atoms with Crippen LogP contribution in [0.4, 0.5) is 0 Å². The molecule has 3 aliphatic heterocycles. The highest BCUT2D eigenvalue weighted by molar-refractivity contribution is 7.02. The molecule has 0 aliphatic carbocycles. The topological polar surface area (TPSA) is 25.4 Å². The lowest BCUT2D eigenvalue weighted by Gasteiger charge is -2.53. The number of fused-ring (bicyclic) bond motifs is 5. The van der Waals surface area contributed by atoms with Crippen LogP contribution in [0.15, 0.2) is 109 Å². The summed E-state index contributed by atoms with van der Waals surface area (Å²) in [6.45, 7) is 12.0. The quantitative estimate of drug-likeness (QED) is 0.156. The van der Waals surface area contributed by atoms with E-state index in [4.69, 9.17) is 4.43 Å². The lowest BCUT2D eigenvalue weighted by molar-refractivity contribution is -0.0506. The fraction of sp³-hybridized carbons (Fsp3) is 0.359. The second kappa shape index (κ2) is 12.0. The number of piperidine rings is 3. The Hall–Kier alpha value is -3.10. The van der Waals surface area contributed by atoms with Crippen LogP contribution in [0.2, 0.25) is 32.2 Å². The van der Waals surface area contributed by atoms with Crippen molar-refractivity contribution in [3.05, 3.63) is 115 Å². The smallest absolute Gasteiger partial charge is 0.184 e. The summed E-state index contributed by atoms with van der Waals surface area (Å²) in [5, 5.41) is 7.20. The van der Waals surface area contributed by atoms with Crippen molar-refractivity contribution in [2.75, 3.05) is 13.1 Å². The molecule has 1 aromatic heterocycles. The van der Waals surface area contributed by atoms with Gasteiger partial charge in [0.05, 0.1) is 11.6 Å². The highest BCUT2D eigenvalue weighted by atomic mass is 28.4. The molecule has 6 atom stereocenters. The minimum atomic E-state index is -1.98. The third kappa shape index (κ3) is 5.71. The molecule has 44 heavy (non-hydrogen) atoms. The SMILES string of the molecule is C[Si](C)(C)O[C@H](c1ccnc2ccccc12)[C@@H]1C[C@@H]2CCN1C[C@@H]2CC[Si@](C)(c1ccccc1)c1cccc2ccccc12. The standard InChI is InChI=1S/C39H46N2OSi2/c1-43(2,3)42-39(35-21-24-40-36-19-11-10-18-34(35)36)37-27-30-22-25-41(37)28-31(30)23-26-44(4,32-15-6-5-7-16-32)38-20-12-14-29-13-8-9-17-33(29)38/h5-21,24,30-31,37,39H,22-23,25-28H2,1-4H3/t30-,31-,37-,39+,44+/m0/s1. The number of nitrogens with zero attached hydrogens (tertiary/aromatic N) is 2. The van der Waals surface area contributed by atoms with Crippen LogP contribution in [0.3, 0.4) is 0 Å². The largest absolute Gasteiger partial charge is 0.409 e. The normalized spacial score (nSPS) is 23.9. The first-order chi connectivity index (χ1) is 21.3. The third-order valence-electron chi connectivity index (χ3n) is 10.6. The molecule has 4 heterocycles. The van der Waals surface area contributed by atoms with Crippen molar-refractivity contribution >= 4 is 48.4 Å². The summed E-state index contributed by atoms with van der Waals surface area (Å²) in [5.74, 6) is 1.50. The first kappa shape index (κ1) is 29.6. The Bertz CT molecular complexity index is 1740. The third-order valence-corrected chi connectivity index (χ3v) is 16.0. The van der Waals surface area contributed by atoms with Crippen LogP contribution in [0.25, 0.3) is 21.7 Å². The molecule has 0 radical (unpaired) electrons. The van der Waals surface area contributed by atoms with Gasteiger partial charge in [-0.15, -0.1) is 0 Å². The predicted molar refractivity (Wildman–Crippen MR) is 191 cm³/mol. The van der Waals surface area contributed by atoms with Gasteiger partial charge in [0.1, 0.15) is 8.07 Å². The van der Waals surface area contributed by atoms with E-state index in [1.54, 1.807) is 10.4 Å². The number of hydrogen-bond acceptors (Lipinski definition) is 3. The summed E-state index contributed by atoms with van der Waals surface area (Å²) in [6, 6.07) is 40.0. The second-order valence-corrected chi connectivity index (χ2v) is 23.2. The van der Waals surface area contributed by atoms with Crippen LogP contribution in [0.1, 0.15) is 30.9 Å². The van der Waals surface area contributed by atoms with Gasteiger partial charge in [-0.3, -0.25) is 9.88 Å². The van der Waals surface area contributed by atoms with Crippen molar-refractivity contribution < 1.29 is 4.43 Å². The van der Waals surface area contributed by atoms with Crippen molar-refractivity contribution in [2.24, 2.45) is 11.8 Å². The molecule has 3 fully saturated rings. The molecule has 0 spiro atoms. The first-order valence-electron chi connectivity index (χ1n) is 16.6. The zero-order chi connectivity index (χ0) is 30.3. The maximum absolute atomic E-state index is 7.11. The molecule has 0 N–H and O–H groups in total. The minimum Gasteiger partial charge on any atom is -0.409 e. The molecule has 226 valence electrons. The van der Waals surface area contributed by atoms with E-state index in [-0.39, 0.29) is 6.10 Å². The van der Waals surface area contributed by atoms with E-state index in [0.717, 1.165) is 17.4 Å². The second-order valence-electron chi connectivity index (χ2n) is 14.4. The van der Waals surface area contributed by atoms with Crippen LogP contribution < -0.4 is 10.4 Å². The molecule has 1 unspecified atom stereocenters. The molecule has 3 saturated heterocycles. The summed E-state index contributed by atoms with van der Waals surface area (Å²) in [5.41, 5.74) is 2.40. The van der Waals surface area contributed by atoms with Crippen LogP contribution in [-0.4, -0.2) is 45.4 Å². The predicted octanol–water partition coefficient (Wildman–Crippen LogP) is 8.27. The summed E-state index contributed by atoms with van der Waals surface area (Å²) in [4.78, 5) is 7.50. The fourth-order valence-electron chi connectivity index (χ4n) is 8.34. The monoisotopic (exact) mass is 614 g/mol. The van der Waals surface area contributed by atoms with Crippen LogP contribution in [-0.2, 0) is 4.43 Å². The molecule has 5 heteroatoms. The van der Waals surface area contributed by atoms with E-state index < -0.39 is 16.4 Å². The van der Waals surface area contributed by atoms with E-state index >= 15 is 0 Å². The molecule has 8 rings (SSSR count). The lowest BCUT2D eigenvalue weighted by atomic mass is 9.72. The van der Waals surface area contributed by atoms with Crippen LogP contribution >= 0.6 is 0 Å². The van der Waals surface area contributed by atoms with Gasteiger partial charge in [0.2, 0.25) is 0 Å². The lowest BCUT2D eigenvalue weighted by Crippen LogP contribution is -2.58. The van der Waals surface area contributed by atoms with Gasteiger partial charge in [-0.1, -0.05) is 109 Å². The van der Waals surface area contributed by atoms with Gasteiger partial charge in [0.15, 0.2) is 8.32 Å². The maximum atomic E-state index is 7.11. The van der Waals surface area contributed by atoms with Gasteiger partial charge in [0.25, 0.3) is 0 Å². The van der Waals surface area contributed by atoms with Gasteiger partial charge in [-0.25, -0.2) is 0 Å². The summed E-state index contributed by atoms with van der Waals surface area (Å²) in [6.07, 6.45) is 5.93. The molecule has 0 saturated carbocycles. The molecule has 2 bridgehead atoms. The number of pyridine rings is 1. The van der Waals surface area contributed by atoms with Crippen molar-refractivity contribution in [3.63, 3.8) is 0 Å². The van der Waals surface area contributed by atoms with Crippen molar-refractivity contribution in [1.29, 1.82) is 0 Å². The van der Waals surface area contributed by atoms with Crippen LogP contribution in [0, 0.1) is 11.8 Å². The molecule has 3 aliphatic rings. The zero-order valence-electron chi connectivity index (χ0n) is 26.7. The average molecular weight is 615 g/mol. The molecular formula is C39H46N2OSi2. The summed E-state index contributed by atoms with van der Waals surface area (Å²) in [7, 11) is -3.77. The first-order valence-corrected chi connectivity index (χ1v) is 22.7. The molecule has 5 aromatic rings. The minimum absolute atomic E-state index is 0.0953. The number of aromatic nitrogens is 1. The van der Waals surface area contributed by atoms with Crippen molar-refractivity contribution in [3.8, 4) is 0 Å². The Morgan fingerprint density at radius 1 is 0.818 bits per heavy atom. The van der Waals surface area contributed by atoms with Gasteiger partial charge in [-0.05, 0) is 90.6 Å². The maximum Gasteiger partial charge on any atom is 0.184 e. The van der Waals surface area contributed by atoms with Crippen LogP contribution in [0.5, 0.6) is 0 Å². The van der Waals surface area contributed by atoms with E-state index in [2.05, 4.69) is 139 Å². The van der Waals surface area contributed by atoms with Gasteiger partial charge in [-0.2, -0.15) is 0 Å². The van der Waals surface area contributed by atoms with Crippen molar-refractivity contribution in [2.45, 2.75) is 63.6 Å². The van der Waals surface area contributed by atoms with E-state index in [0.29, 0.717) is 6.04 Å². The Balaban J connectivity index is 1.17. The van der Waals surface area contributed by atoms with Gasteiger partial charge in [0, 0.05) is 24.2 Å². The number of rotatable bonds is 9. The highest BCUT2D eigenvalue weighted by Crippen LogP contribution is 2.45. The van der Waals surface area contributed by atoms with Gasteiger partial charge >= 0.3 is 0 Å². The Morgan fingerprint density at radius 2 is 1.55 bits per heavy atom. The average Bonchev–Trinajstić information content (AvgIpc) is 3.06. The fourth-order valence-corrected chi connectivity index (χ4v) is 13.4. The Kier molecular flexibility index (Phi) is 8.08. The van der Waals surface area contributed by atoms with Crippen molar-refractivity contribution in [1.82, 2.24) is 9.88 Å².